The van der Waals surface area contributed by atoms with Gasteiger partial charge in [0.2, 0.25) is 10.0 Å². The zero-order valence-corrected chi connectivity index (χ0v) is 17.1. The molecule has 5 rings (SSSR count). The normalized spacial score (nSPS) is 15.4. The Labute approximate surface area is 177 Å². The van der Waals surface area contributed by atoms with Crippen LogP contribution in [-0.2, 0) is 10.0 Å². The zero-order valence-electron chi connectivity index (χ0n) is 16.3. The van der Waals surface area contributed by atoms with Crippen molar-refractivity contribution in [1.82, 2.24) is 39.4 Å². The number of aromatic amines is 1. The van der Waals surface area contributed by atoms with Gasteiger partial charge in [0, 0.05) is 49.5 Å². The molecule has 1 aliphatic heterocycles. The Hall–Kier alpha value is -3.64. The van der Waals surface area contributed by atoms with E-state index in [0.717, 1.165) is 0 Å². The van der Waals surface area contributed by atoms with E-state index in [1.165, 1.54) is 21.5 Å². The lowest BCUT2D eigenvalue weighted by Crippen LogP contribution is -2.50. The van der Waals surface area contributed by atoms with Crippen LogP contribution in [0.5, 0.6) is 0 Å². The van der Waals surface area contributed by atoms with E-state index in [0.29, 0.717) is 35.4 Å². The van der Waals surface area contributed by atoms with Gasteiger partial charge in [0.1, 0.15) is 16.9 Å². The summed E-state index contributed by atoms with van der Waals surface area (Å²) in [6.07, 6.45) is 4.52. The minimum Gasteiger partial charge on any atom is -0.345 e. The van der Waals surface area contributed by atoms with Gasteiger partial charge in [0.25, 0.3) is 5.91 Å². The smallest absolute Gasteiger partial charge is 0.254 e. The first-order chi connectivity index (χ1) is 15.0. The second-order valence-corrected chi connectivity index (χ2v) is 8.96. The number of rotatable bonds is 4. The third-order valence-electron chi connectivity index (χ3n) is 5.26. The van der Waals surface area contributed by atoms with Crippen LogP contribution in [0.25, 0.3) is 16.7 Å². The molecule has 31 heavy (non-hydrogen) atoms. The van der Waals surface area contributed by atoms with Gasteiger partial charge in [-0.3, -0.25) is 4.79 Å². The number of fused-ring (bicyclic) bond motifs is 1. The molecule has 1 amide bonds. The average Bonchev–Trinajstić information content (AvgIpc) is 3.49. The Morgan fingerprint density at radius 1 is 1.06 bits per heavy atom. The van der Waals surface area contributed by atoms with Crippen molar-refractivity contribution in [3.63, 3.8) is 0 Å². The maximum absolute atomic E-state index is 13.1. The van der Waals surface area contributed by atoms with Gasteiger partial charge in [0.15, 0.2) is 0 Å². The third-order valence-corrected chi connectivity index (χ3v) is 7.20. The summed E-state index contributed by atoms with van der Waals surface area (Å²) in [6, 6.07) is 10.4. The Morgan fingerprint density at radius 3 is 2.68 bits per heavy atom. The lowest BCUT2D eigenvalue weighted by Gasteiger charge is -2.34. The molecule has 3 aromatic heterocycles. The molecule has 0 radical (unpaired) electrons. The first-order valence-electron chi connectivity index (χ1n) is 9.59. The number of hydrogen-bond donors (Lipinski definition) is 1. The summed E-state index contributed by atoms with van der Waals surface area (Å²) >= 11 is 0. The van der Waals surface area contributed by atoms with E-state index in [-0.39, 0.29) is 23.9 Å². The molecule has 11 nitrogen and oxygen atoms in total. The predicted octanol–water partition coefficient (Wildman–Crippen LogP) is 0.685. The number of aromatic nitrogens is 6. The fourth-order valence-electron chi connectivity index (χ4n) is 3.66. The minimum atomic E-state index is -3.70. The number of amides is 1. The number of sulfonamides is 1. The summed E-state index contributed by atoms with van der Waals surface area (Å²) in [7, 11) is -3.70. The fourth-order valence-corrected chi connectivity index (χ4v) is 5.23. The van der Waals surface area contributed by atoms with Gasteiger partial charge in [-0.15, -0.1) is 5.10 Å². The molecule has 4 aromatic rings. The van der Waals surface area contributed by atoms with Gasteiger partial charge in [-0.2, -0.15) is 4.31 Å². The molecule has 0 saturated carbocycles. The molecule has 1 N–H and O–H groups in total. The summed E-state index contributed by atoms with van der Waals surface area (Å²) in [4.78, 5) is 21.9. The lowest BCUT2D eigenvalue weighted by molar-refractivity contribution is 0.0698. The van der Waals surface area contributed by atoms with Gasteiger partial charge >= 0.3 is 0 Å². The average molecular weight is 438 g/mol. The molecule has 12 heteroatoms. The van der Waals surface area contributed by atoms with Crippen molar-refractivity contribution in [2.75, 3.05) is 26.2 Å². The van der Waals surface area contributed by atoms with E-state index in [2.05, 4.69) is 25.5 Å². The van der Waals surface area contributed by atoms with E-state index < -0.39 is 10.0 Å². The summed E-state index contributed by atoms with van der Waals surface area (Å²) in [5.41, 5.74) is 1.69. The number of pyridine rings is 1. The SMILES string of the molecule is O=C(c1cccc(-n2cnnn2)c1)N1CCN(S(=O)(=O)c2c[nH]c3ncccc23)CC1. The van der Waals surface area contributed by atoms with Crippen LogP contribution in [-0.4, -0.2) is 79.9 Å². The van der Waals surface area contributed by atoms with Crippen LogP contribution >= 0.6 is 0 Å². The highest BCUT2D eigenvalue weighted by molar-refractivity contribution is 7.89. The maximum Gasteiger partial charge on any atom is 0.254 e. The molecular weight excluding hydrogens is 420 g/mol. The van der Waals surface area contributed by atoms with Crippen molar-refractivity contribution < 1.29 is 13.2 Å². The standard InChI is InChI=1S/C19H18N8O3S/c28-19(14-3-1-4-15(11-14)27-13-22-23-24-27)25-7-9-26(10-8-25)31(29,30)17-12-21-18-16(17)5-2-6-20-18/h1-6,11-13H,7-10H2,(H,20,21). The molecular formula is C19H18N8O3S. The van der Waals surface area contributed by atoms with E-state index in [4.69, 9.17) is 0 Å². The van der Waals surface area contributed by atoms with Crippen molar-refractivity contribution in [3.8, 4) is 5.69 Å². The van der Waals surface area contributed by atoms with Crippen molar-refractivity contribution in [1.29, 1.82) is 0 Å². The third kappa shape index (κ3) is 3.45. The van der Waals surface area contributed by atoms with Crippen molar-refractivity contribution >= 4 is 27.0 Å². The number of benzene rings is 1. The van der Waals surface area contributed by atoms with Crippen molar-refractivity contribution in [3.05, 3.63) is 60.7 Å². The number of nitrogens with one attached hydrogen (secondary N) is 1. The molecule has 158 valence electrons. The number of carbonyl (C=O) groups is 1. The fraction of sp³-hybridized carbons (Fsp3) is 0.211. The molecule has 1 aromatic carbocycles. The summed E-state index contributed by atoms with van der Waals surface area (Å²) in [5.74, 6) is -0.164. The molecule has 0 bridgehead atoms. The number of H-pyrrole nitrogens is 1. The molecule has 0 aliphatic carbocycles. The van der Waals surface area contributed by atoms with E-state index in [1.54, 1.807) is 47.5 Å². The molecule has 1 aliphatic rings. The molecule has 1 saturated heterocycles. The Bertz CT molecular complexity index is 1340. The van der Waals surface area contributed by atoms with Crippen LogP contribution < -0.4 is 0 Å². The van der Waals surface area contributed by atoms with Crippen LogP contribution in [0.15, 0.2) is 60.0 Å². The van der Waals surface area contributed by atoms with Crippen LogP contribution in [0, 0.1) is 0 Å². The predicted molar refractivity (Wildman–Crippen MR) is 110 cm³/mol. The van der Waals surface area contributed by atoms with Gasteiger partial charge < -0.3 is 9.88 Å². The van der Waals surface area contributed by atoms with E-state index in [9.17, 15) is 13.2 Å². The second-order valence-electron chi connectivity index (χ2n) is 7.05. The monoisotopic (exact) mass is 438 g/mol. The first kappa shape index (κ1) is 19.3. The van der Waals surface area contributed by atoms with Crippen LogP contribution in [0.1, 0.15) is 10.4 Å². The van der Waals surface area contributed by atoms with E-state index in [1.807, 2.05) is 0 Å². The number of nitrogens with zero attached hydrogens (tertiary/aromatic N) is 7. The van der Waals surface area contributed by atoms with Gasteiger partial charge in [0.05, 0.1) is 5.69 Å². The number of hydrogen-bond acceptors (Lipinski definition) is 7. The highest BCUT2D eigenvalue weighted by Crippen LogP contribution is 2.25. The van der Waals surface area contributed by atoms with Gasteiger partial charge in [-0.25, -0.2) is 18.1 Å². The van der Waals surface area contributed by atoms with Crippen molar-refractivity contribution in [2.24, 2.45) is 0 Å². The number of piperazine rings is 1. The first-order valence-corrected chi connectivity index (χ1v) is 11.0. The highest BCUT2D eigenvalue weighted by atomic mass is 32.2. The maximum atomic E-state index is 13.1. The van der Waals surface area contributed by atoms with Gasteiger partial charge in [-0.05, 0) is 40.8 Å². The topological polar surface area (TPSA) is 130 Å². The Morgan fingerprint density at radius 2 is 1.90 bits per heavy atom. The number of carbonyl (C=O) groups excluding carboxylic acids is 1. The van der Waals surface area contributed by atoms with Crippen LogP contribution in [0.3, 0.4) is 0 Å². The minimum absolute atomic E-state index is 0.164. The van der Waals surface area contributed by atoms with Gasteiger partial charge in [-0.1, -0.05) is 6.07 Å². The highest BCUT2D eigenvalue weighted by Gasteiger charge is 2.32. The molecule has 4 heterocycles. The summed E-state index contributed by atoms with van der Waals surface area (Å²) in [6.45, 7) is 1.03. The second kappa shape index (κ2) is 7.56. The molecule has 1 fully saturated rings. The lowest BCUT2D eigenvalue weighted by atomic mass is 10.1. The molecule has 0 spiro atoms. The summed E-state index contributed by atoms with van der Waals surface area (Å²) in [5, 5.41) is 11.6. The molecule has 0 atom stereocenters. The quantitative estimate of drug-likeness (QED) is 0.496. The van der Waals surface area contributed by atoms with Crippen molar-refractivity contribution in [2.45, 2.75) is 4.90 Å². The van der Waals surface area contributed by atoms with Crippen LogP contribution in [0.4, 0.5) is 0 Å². The number of tetrazole rings is 1. The summed E-state index contributed by atoms with van der Waals surface area (Å²) < 4.78 is 29.2. The Kier molecular flexibility index (Phi) is 4.71. The molecule has 0 unspecified atom stereocenters. The zero-order chi connectivity index (χ0) is 21.4. The Balaban J connectivity index is 1.31. The van der Waals surface area contributed by atoms with E-state index >= 15 is 0 Å². The van der Waals surface area contributed by atoms with Crippen LogP contribution in [0.2, 0.25) is 0 Å². The largest absolute Gasteiger partial charge is 0.345 e.